The van der Waals surface area contributed by atoms with Crippen molar-refractivity contribution in [2.24, 2.45) is 0 Å². The van der Waals surface area contributed by atoms with Gasteiger partial charge < -0.3 is 20.5 Å². The van der Waals surface area contributed by atoms with Crippen molar-refractivity contribution in [3.8, 4) is 0 Å². The number of ether oxygens (including phenoxy) is 1. The molecule has 3 N–H and O–H groups in total. The van der Waals surface area contributed by atoms with E-state index in [1.54, 1.807) is 25.3 Å². The van der Waals surface area contributed by atoms with Crippen LogP contribution in [0.2, 0.25) is 10.0 Å². The Bertz CT molecular complexity index is 526. The van der Waals surface area contributed by atoms with E-state index in [1.807, 2.05) is 0 Å². The molecule has 0 spiro atoms. The second-order valence-electron chi connectivity index (χ2n) is 4.54. The van der Waals surface area contributed by atoms with Gasteiger partial charge in [-0.15, -0.1) is 0 Å². The zero-order valence-electron chi connectivity index (χ0n) is 12.1. The van der Waals surface area contributed by atoms with Gasteiger partial charge in [-0.1, -0.05) is 29.3 Å². The smallest absolute Gasteiger partial charge is 0.321 e. The van der Waals surface area contributed by atoms with Crippen LogP contribution in [0.3, 0.4) is 0 Å². The zero-order chi connectivity index (χ0) is 16.5. The highest BCUT2D eigenvalue weighted by Gasteiger charge is 2.21. The Morgan fingerprint density at radius 2 is 2.09 bits per heavy atom. The Kier molecular flexibility index (Phi) is 8.19. The summed E-state index contributed by atoms with van der Waals surface area (Å²) in [6.45, 7) is 0.958. The van der Waals surface area contributed by atoms with E-state index in [0.29, 0.717) is 30.3 Å². The van der Waals surface area contributed by atoms with Crippen molar-refractivity contribution in [2.75, 3.05) is 25.6 Å². The number of nitrogens with one attached hydrogen (secondary N) is 2. The van der Waals surface area contributed by atoms with E-state index in [0.717, 1.165) is 0 Å². The number of aliphatic carboxylic acids is 1. The summed E-state index contributed by atoms with van der Waals surface area (Å²) in [6, 6.07) is 3.85. The normalized spacial score (nSPS) is 12.0. The third kappa shape index (κ3) is 6.19. The van der Waals surface area contributed by atoms with Gasteiger partial charge in [-0.2, -0.15) is 0 Å². The molecule has 0 aromatic heterocycles. The van der Waals surface area contributed by atoms with Crippen molar-refractivity contribution in [3.05, 3.63) is 28.2 Å². The molecule has 0 aliphatic heterocycles. The molecule has 0 unspecified atom stereocenters. The number of anilines is 1. The van der Waals surface area contributed by atoms with E-state index in [9.17, 15) is 9.59 Å². The fourth-order valence-electron chi connectivity index (χ4n) is 1.73. The molecule has 1 aromatic carbocycles. The Morgan fingerprint density at radius 1 is 1.36 bits per heavy atom. The number of hydrogen-bond acceptors (Lipinski definition) is 4. The quantitative estimate of drug-likeness (QED) is 0.596. The summed E-state index contributed by atoms with van der Waals surface area (Å²) >= 11 is 11.8. The topological polar surface area (TPSA) is 87.7 Å². The van der Waals surface area contributed by atoms with Crippen LogP contribution in [0, 0.1) is 0 Å². The average Bonchev–Trinajstić information content (AvgIpc) is 2.47. The number of carboxylic acids is 1. The number of rotatable bonds is 9. The SMILES string of the molecule is COCCCN[C@H](CC(=O)Nc1cccc(Cl)c1Cl)C(=O)O. The fourth-order valence-corrected chi connectivity index (χ4v) is 2.07. The molecule has 0 saturated heterocycles. The van der Waals surface area contributed by atoms with Crippen molar-refractivity contribution < 1.29 is 19.4 Å². The molecular weight excluding hydrogens is 331 g/mol. The van der Waals surface area contributed by atoms with Crippen LogP contribution in [0.4, 0.5) is 5.69 Å². The minimum absolute atomic E-state index is 0.217. The Labute approximate surface area is 138 Å². The lowest BCUT2D eigenvalue weighted by Gasteiger charge is -2.15. The van der Waals surface area contributed by atoms with Gasteiger partial charge in [-0.3, -0.25) is 9.59 Å². The van der Waals surface area contributed by atoms with Crippen LogP contribution in [0.25, 0.3) is 0 Å². The van der Waals surface area contributed by atoms with E-state index >= 15 is 0 Å². The van der Waals surface area contributed by atoms with Crippen molar-refractivity contribution in [3.63, 3.8) is 0 Å². The van der Waals surface area contributed by atoms with E-state index in [2.05, 4.69) is 10.6 Å². The van der Waals surface area contributed by atoms with Gasteiger partial charge in [-0.25, -0.2) is 0 Å². The molecule has 0 radical (unpaired) electrons. The van der Waals surface area contributed by atoms with E-state index in [4.69, 9.17) is 33.0 Å². The lowest BCUT2D eigenvalue weighted by molar-refractivity contribution is -0.141. The molecule has 6 nitrogen and oxygen atoms in total. The number of carbonyl (C=O) groups is 2. The maximum atomic E-state index is 11.9. The number of halogens is 2. The Morgan fingerprint density at radius 3 is 2.73 bits per heavy atom. The van der Waals surface area contributed by atoms with Gasteiger partial charge in [-0.05, 0) is 25.1 Å². The summed E-state index contributed by atoms with van der Waals surface area (Å²) in [5, 5.41) is 15.0. The summed E-state index contributed by atoms with van der Waals surface area (Å²) < 4.78 is 4.87. The molecule has 1 aromatic rings. The van der Waals surface area contributed by atoms with Gasteiger partial charge in [0, 0.05) is 13.7 Å². The number of carboxylic acid groups (broad SMARTS) is 1. The summed E-state index contributed by atoms with van der Waals surface area (Å²) in [5.74, 6) is -1.56. The first-order chi connectivity index (χ1) is 10.5. The largest absolute Gasteiger partial charge is 0.480 e. The van der Waals surface area contributed by atoms with Crippen molar-refractivity contribution in [1.29, 1.82) is 0 Å². The average molecular weight is 349 g/mol. The van der Waals surface area contributed by atoms with Gasteiger partial charge in [0.2, 0.25) is 5.91 Å². The van der Waals surface area contributed by atoms with E-state index in [1.165, 1.54) is 0 Å². The van der Waals surface area contributed by atoms with Crippen LogP contribution >= 0.6 is 23.2 Å². The van der Waals surface area contributed by atoms with Crippen LogP contribution in [0.15, 0.2) is 18.2 Å². The van der Waals surface area contributed by atoms with Crippen molar-refractivity contribution in [2.45, 2.75) is 18.9 Å². The van der Waals surface area contributed by atoms with Gasteiger partial charge in [0.25, 0.3) is 0 Å². The molecule has 0 aliphatic rings. The van der Waals surface area contributed by atoms with Crippen LogP contribution in [0.1, 0.15) is 12.8 Å². The Hall–Kier alpha value is -1.34. The maximum absolute atomic E-state index is 11.9. The fraction of sp³-hybridized carbons (Fsp3) is 0.429. The highest BCUT2D eigenvalue weighted by Crippen LogP contribution is 2.29. The van der Waals surface area contributed by atoms with Crippen molar-refractivity contribution in [1.82, 2.24) is 5.32 Å². The number of benzene rings is 1. The molecule has 0 saturated carbocycles. The predicted octanol–water partition coefficient (Wildman–Crippen LogP) is 2.40. The van der Waals surface area contributed by atoms with Crippen LogP contribution in [-0.4, -0.2) is 43.3 Å². The molecule has 1 atom stereocenters. The maximum Gasteiger partial charge on any atom is 0.321 e. The predicted molar refractivity (Wildman–Crippen MR) is 85.6 cm³/mol. The lowest BCUT2D eigenvalue weighted by Crippen LogP contribution is -2.40. The standard InChI is InChI=1S/C14H18Cl2N2O4/c1-22-7-3-6-17-11(14(20)21)8-12(19)18-10-5-2-4-9(15)13(10)16/h2,4-5,11,17H,3,6-8H2,1H3,(H,18,19)(H,20,21)/t11-/m1/s1. The first-order valence-electron chi connectivity index (χ1n) is 6.64. The number of methoxy groups -OCH3 is 1. The molecule has 0 aliphatic carbocycles. The van der Waals surface area contributed by atoms with Gasteiger partial charge >= 0.3 is 5.97 Å². The second kappa shape index (κ2) is 9.63. The molecule has 8 heteroatoms. The van der Waals surface area contributed by atoms with Gasteiger partial charge in [0.15, 0.2) is 0 Å². The van der Waals surface area contributed by atoms with Crippen LogP contribution in [-0.2, 0) is 14.3 Å². The monoisotopic (exact) mass is 348 g/mol. The number of amides is 1. The van der Waals surface area contributed by atoms with Gasteiger partial charge in [0.1, 0.15) is 6.04 Å². The van der Waals surface area contributed by atoms with Crippen LogP contribution < -0.4 is 10.6 Å². The summed E-state index contributed by atoms with van der Waals surface area (Å²) in [4.78, 5) is 23.1. The van der Waals surface area contributed by atoms with Gasteiger partial charge in [0.05, 0.1) is 22.2 Å². The number of carbonyl (C=O) groups excluding carboxylic acids is 1. The summed E-state index contributed by atoms with van der Waals surface area (Å²) in [7, 11) is 1.57. The van der Waals surface area contributed by atoms with Crippen molar-refractivity contribution >= 4 is 40.8 Å². The second-order valence-corrected chi connectivity index (χ2v) is 5.33. The van der Waals surface area contributed by atoms with E-state index in [-0.39, 0.29) is 11.4 Å². The first kappa shape index (κ1) is 18.7. The molecule has 1 amide bonds. The molecule has 22 heavy (non-hydrogen) atoms. The summed E-state index contributed by atoms with van der Waals surface area (Å²) in [5.41, 5.74) is 0.350. The van der Waals surface area contributed by atoms with Crippen LogP contribution in [0.5, 0.6) is 0 Å². The minimum Gasteiger partial charge on any atom is -0.480 e. The first-order valence-corrected chi connectivity index (χ1v) is 7.40. The zero-order valence-corrected chi connectivity index (χ0v) is 13.6. The molecular formula is C14H18Cl2N2O4. The van der Waals surface area contributed by atoms with E-state index < -0.39 is 17.9 Å². The summed E-state index contributed by atoms with van der Waals surface area (Å²) in [6.07, 6.45) is 0.438. The minimum atomic E-state index is -1.09. The molecule has 0 fully saturated rings. The third-order valence-corrected chi connectivity index (χ3v) is 3.65. The third-order valence-electron chi connectivity index (χ3n) is 2.83. The molecule has 0 bridgehead atoms. The highest BCUT2D eigenvalue weighted by atomic mass is 35.5. The molecule has 0 heterocycles. The highest BCUT2D eigenvalue weighted by molar-refractivity contribution is 6.43. The molecule has 1 rings (SSSR count). The Balaban J connectivity index is 2.56. The molecule has 122 valence electrons. The lowest BCUT2D eigenvalue weighted by atomic mass is 10.2. The number of hydrogen-bond donors (Lipinski definition) is 3.